The molecule has 23 heavy (non-hydrogen) atoms. The highest BCUT2D eigenvalue weighted by Gasteiger charge is 1.97. The molecule has 0 bridgehead atoms. The number of rotatable bonds is 15. The fraction of sp³-hybridized carbons (Fsp3) is 0.700. The molecular weight excluding hydrogens is 288 g/mol. The van der Waals surface area contributed by atoms with Crippen LogP contribution in [0.15, 0.2) is 24.3 Å². The number of carbonyl (C=O) groups is 2. The maximum absolute atomic E-state index is 11.6. The van der Waals surface area contributed by atoms with Gasteiger partial charge in [-0.2, -0.15) is 0 Å². The molecule has 0 atom stereocenters. The molecule has 3 nitrogen and oxygen atoms in total. The number of esters is 1. The van der Waals surface area contributed by atoms with Crippen molar-refractivity contribution in [1.29, 1.82) is 0 Å². The second-order valence-electron chi connectivity index (χ2n) is 5.87. The smallest absolute Gasteiger partial charge is 0.330 e. The van der Waals surface area contributed by atoms with E-state index >= 15 is 0 Å². The van der Waals surface area contributed by atoms with Crippen LogP contribution in [0.25, 0.3) is 0 Å². The maximum Gasteiger partial charge on any atom is 0.330 e. The molecule has 3 heteroatoms. The Hall–Kier alpha value is -1.38. The average molecular weight is 322 g/mol. The zero-order valence-electron chi connectivity index (χ0n) is 15.0. The molecule has 0 saturated heterocycles. The molecular formula is C20H34O3. The summed E-state index contributed by atoms with van der Waals surface area (Å²) in [7, 11) is 0. The Morgan fingerprint density at radius 1 is 0.739 bits per heavy atom. The van der Waals surface area contributed by atoms with Crippen molar-refractivity contribution in [2.75, 3.05) is 6.61 Å². The van der Waals surface area contributed by atoms with Crippen LogP contribution in [0.4, 0.5) is 0 Å². The van der Waals surface area contributed by atoms with Crippen molar-refractivity contribution in [3.63, 3.8) is 0 Å². The normalized spacial score (nSPS) is 11.4. The fourth-order valence-corrected chi connectivity index (χ4v) is 2.36. The van der Waals surface area contributed by atoms with Crippen molar-refractivity contribution in [2.24, 2.45) is 0 Å². The first-order chi connectivity index (χ1) is 11.2. The van der Waals surface area contributed by atoms with Crippen molar-refractivity contribution in [2.45, 2.75) is 84.5 Å². The Kier molecular flexibility index (Phi) is 16.0. The van der Waals surface area contributed by atoms with Gasteiger partial charge in [-0.05, 0) is 19.4 Å². The Balaban J connectivity index is 3.44. The molecule has 0 heterocycles. The summed E-state index contributed by atoms with van der Waals surface area (Å²) < 4.78 is 4.74. The molecule has 132 valence electrons. The number of ketones is 1. The Morgan fingerprint density at radius 2 is 1.26 bits per heavy atom. The molecule has 0 saturated carbocycles. The van der Waals surface area contributed by atoms with Crippen molar-refractivity contribution < 1.29 is 14.3 Å². The summed E-state index contributed by atoms with van der Waals surface area (Å²) in [6, 6.07) is 0. The monoisotopic (exact) mass is 322 g/mol. The minimum Gasteiger partial charge on any atom is -0.463 e. The van der Waals surface area contributed by atoms with E-state index in [2.05, 4.69) is 6.92 Å². The van der Waals surface area contributed by atoms with Gasteiger partial charge in [-0.3, -0.25) is 4.79 Å². The molecule has 0 unspecified atom stereocenters. The van der Waals surface area contributed by atoms with E-state index in [0.29, 0.717) is 13.0 Å². The number of unbranched alkanes of at least 4 members (excludes halogenated alkanes) is 9. The number of carbonyl (C=O) groups excluding carboxylic acids is 2. The van der Waals surface area contributed by atoms with Crippen LogP contribution in [0.3, 0.4) is 0 Å². The minimum absolute atomic E-state index is 0.123. The first kappa shape index (κ1) is 21.6. The summed E-state index contributed by atoms with van der Waals surface area (Å²) in [5.74, 6) is -0.252. The van der Waals surface area contributed by atoms with Crippen molar-refractivity contribution in [1.82, 2.24) is 0 Å². The number of ether oxygens (including phenoxy) is 1. The van der Waals surface area contributed by atoms with E-state index in [1.165, 1.54) is 63.5 Å². The van der Waals surface area contributed by atoms with E-state index in [1.54, 1.807) is 19.1 Å². The van der Waals surface area contributed by atoms with E-state index in [1.807, 2.05) is 0 Å². The zero-order chi connectivity index (χ0) is 17.2. The molecule has 0 radical (unpaired) electrons. The molecule has 0 aromatic rings. The number of hydrogen-bond donors (Lipinski definition) is 0. The van der Waals surface area contributed by atoms with Crippen molar-refractivity contribution in [3.8, 4) is 0 Å². The summed E-state index contributed by atoms with van der Waals surface area (Å²) in [5.41, 5.74) is 0. The summed E-state index contributed by atoms with van der Waals surface area (Å²) in [4.78, 5) is 22.6. The lowest BCUT2D eigenvalue weighted by atomic mass is 10.0. The first-order valence-electron chi connectivity index (χ1n) is 9.25. The van der Waals surface area contributed by atoms with Crippen LogP contribution in [0.1, 0.15) is 84.5 Å². The molecule has 0 aliphatic rings. The van der Waals surface area contributed by atoms with E-state index < -0.39 is 0 Å². The van der Waals surface area contributed by atoms with Gasteiger partial charge in [0.2, 0.25) is 0 Å². The summed E-state index contributed by atoms with van der Waals surface area (Å²) in [5, 5.41) is 0. The highest BCUT2D eigenvalue weighted by molar-refractivity contribution is 5.90. The molecule has 0 aliphatic carbocycles. The largest absolute Gasteiger partial charge is 0.463 e. The van der Waals surface area contributed by atoms with Crippen LogP contribution in [-0.4, -0.2) is 18.4 Å². The van der Waals surface area contributed by atoms with Crippen LogP contribution in [0.2, 0.25) is 0 Å². The molecule has 0 aliphatic heterocycles. The highest BCUT2D eigenvalue weighted by atomic mass is 16.5. The van der Waals surface area contributed by atoms with Crippen molar-refractivity contribution >= 4 is 11.8 Å². The first-order valence-corrected chi connectivity index (χ1v) is 9.25. The third-order valence-corrected chi connectivity index (χ3v) is 3.69. The van der Waals surface area contributed by atoms with Crippen LogP contribution >= 0.6 is 0 Å². The topological polar surface area (TPSA) is 43.4 Å². The van der Waals surface area contributed by atoms with Crippen LogP contribution in [0.5, 0.6) is 0 Å². The van der Waals surface area contributed by atoms with E-state index in [0.717, 1.165) is 12.8 Å². The van der Waals surface area contributed by atoms with Gasteiger partial charge in [-0.15, -0.1) is 0 Å². The predicted molar refractivity (Wildman–Crippen MR) is 96.4 cm³/mol. The lowest BCUT2D eigenvalue weighted by Crippen LogP contribution is -1.98. The van der Waals surface area contributed by atoms with Gasteiger partial charge in [0.1, 0.15) is 0 Å². The quantitative estimate of drug-likeness (QED) is 0.172. The molecule has 0 aromatic heterocycles. The van der Waals surface area contributed by atoms with Crippen molar-refractivity contribution in [3.05, 3.63) is 24.3 Å². The van der Waals surface area contributed by atoms with Gasteiger partial charge < -0.3 is 4.74 Å². The highest BCUT2D eigenvalue weighted by Crippen LogP contribution is 2.11. The molecule has 0 fully saturated rings. The Morgan fingerprint density at radius 3 is 1.83 bits per heavy atom. The van der Waals surface area contributed by atoms with Gasteiger partial charge in [0, 0.05) is 12.5 Å². The average Bonchev–Trinajstić information content (AvgIpc) is 2.53. The van der Waals surface area contributed by atoms with E-state index in [9.17, 15) is 9.59 Å². The third-order valence-electron chi connectivity index (χ3n) is 3.69. The molecule has 0 N–H and O–H groups in total. The lowest BCUT2D eigenvalue weighted by molar-refractivity contribution is -0.137. The Bertz CT molecular complexity index is 356. The second-order valence-corrected chi connectivity index (χ2v) is 5.87. The van der Waals surface area contributed by atoms with Crippen LogP contribution < -0.4 is 0 Å². The van der Waals surface area contributed by atoms with E-state index in [4.69, 9.17) is 4.74 Å². The van der Waals surface area contributed by atoms with Crippen LogP contribution in [-0.2, 0) is 14.3 Å². The van der Waals surface area contributed by atoms with Gasteiger partial charge in [0.15, 0.2) is 5.78 Å². The summed E-state index contributed by atoms with van der Waals surface area (Å²) in [6.45, 7) is 4.37. The van der Waals surface area contributed by atoms with Gasteiger partial charge >= 0.3 is 5.97 Å². The van der Waals surface area contributed by atoms with Gasteiger partial charge in [-0.1, -0.05) is 76.9 Å². The number of allylic oxidation sites excluding steroid dienone is 3. The minimum atomic E-state index is -0.376. The van der Waals surface area contributed by atoms with Gasteiger partial charge in [0.05, 0.1) is 6.61 Å². The standard InChI is InChI=1S/C20H34O3/c1-3-5-6-7-8-9-10-11-12-13-16-19(21)17-14-15-18-20(22)23-4-2/h14-15,17-18H,3-13,16H2,1-2H3. The second kappa shape index (κ2) is 17.0. The van der Waals surface area contributed by atoms with Crippen LogP contribution in [0, 0.1) is 0 Å². The fourth-order valence-electron chi connectivity index (χ4n) is 2.36. The summed E-state index contributed by atoms with van der Waals surface area (Å²) in [6.07, 6.45) is 19.3. The predicted octanol–water partition coefficient (Wildman–Crippen LogP) is 5.54. The van der Waals surface area contributed by atoms with Gasteiger partial charge in [0.25, 0.3) is 0 Å². The zero-order valence-corrected chi connectivity index (χ0v) is 15.0. The van der Waals surface area contributed by atoms with Gasteiger partial charge in [-0.25, -0.2) is 4.79 Å². The lowest BCUT2D eigenvalue weighted by Gasteiger charge is -2.01. The Labute approximate surface area is 142 Å². The summed E-state index contributed by atoms with van der Waals surface area (Å²) >= 11 is 0. The van der Waals surface area contributed by atoms with E-state index in [-0.39, 0.29) is 11.8 Å². The number of hydrogen-bond acceptors (Lipinski definition) is 3. The molecule has 0 spiro atoms. The molecule has 0 rings (SSSR count). The third kappa shape index (κ3) is 16.8. The molecule has 0 amide bonds. The maximum atomic E-state index is 11.6. The SMILES string of the molecule is CCCCCCCCCCCCC(=O)C=CC=CC(=O)OCC. The molecule has 0 aromatic carbocycles.